The van der Waals surface area contributed by atoms with Crippen molar-refractivity contribution in [3.8, 4) is 0 Å². The minimum Gasteiger partial charge on any atom is -0.466 e. The van der Waals surface area contributed by atoms with Crippen molar-refractivity contribution in [1.29, 1.82) is 0 Å². The van der Waals surface area contributed by atoms with Crippen LogP contribution in [0, 0.1) is 18.6 Å². The average Bonchev–Trinajstić information content (AvgIpc) is 2.98. The van der Waals surface area contributed by atoms with Gasteiger partial charge in [-0.25, -0.2) is 8.78 Å². The smallest absolute Gasteiger partial charge is 0.305 e. The van der Waals surface area contributed by atoms with E-state index in [9.17, 15) is 28.3 Å². The lowest BCUT2D eigenvalue weighted by Crippen LogP contribution is -2.48. The van der Waals surface area contributed by atoms with Crippen molar-refractivity contribution in [3.63, 3.8) is 0 Å². The number of carbonyl (C=O) groups excluding carboxylic acids is 3. The van der Waals surface area contributed by atoms with Crippen LogP contribution in [0.3, 0.4) is 0 Å². The zero-order chi connectivity index (χ0) is 32.1. The summed E-state index contributed by atoms with van der Waals surface area (Å²) >= 11 is 0. The quantitative estimate of drug-likeness (QED) is 0.141. The van der Waals surface area contributed by atoms with E-state index in [1.165, 1.54) is 11.6 Å². The number of benzene rings is 3. The van der Waals surface area contributed by atoms with Gasteiger partial charge in [-0.2, -0.15) is 0 Å². The molecule has 0 heterocycles. The van der Waals surface area contributed by atoms with E-state index in [0.717, 1.165) is 30.2 Å². The molecule has 0 aliphatic rings. The zero-order valence-corrected chi connectivity index (χ0v) is 25.4. The SMILES string of the molecule is CCOC(=O)CCCNC(=O)c1cc(C)cc(C(=O)N[C@@H](Cc2cc(F)cc(F)c2)[C@H](O)CNCc2cccc(CC)c2)c1. The molecule has 0 radical (unpaired) electrons. The molecule has 2 amide bonds. The molecule has 0 spiro atoms. The number of halogens is 2. The fourth-order valence-corrected chi connectivity index (χ4v) is 4.80. The van der Waals surface area contributed by atoms with Crippen LogP contribution in [0.4, 0.5) is 8.78 Å². The molecule has 0 fully saturated rings. The summed E-state index contributed by atoms with van der Waals surface area (Å²) in [5, 5.41) is 19.8. The Kier molecular flexibility index (Phi) is 13.4. The second kappa shape index (κ2) is 17.2. The van der Waals surface area contributed by atoms with Crippen molar-refractivity contribution < 1.29 is 33.0 Å². The number of amides is 2. The second-order valence-corrected chi connectivity index (χ2v) is 10.7. The van der Waals surface area contributed by atoms with Gasteiger partial charge in [-0.3, -0.25) is 14.4 Å². The highest BCUT2D eigenvalue weighted by Gasteiger charge is 2.24. The first-order valence-electron chi connectivity index (χ1n) is 14.9. The van der Waals surface area contributed by atoms with Crippen LogP contribution in [0.15, 0.2) is 60.7 Å². The van der Waals surface area contributed by atoms with E-state index in [1.54, 1.807) is 26.0 Å². The maximum atomic E-state index is 13.9. The predicted molar refractivity (Wildman–Crippen MR) is 164 cm³/mol. The number of aliphatic hydroxyl groups excluding tert-OH is 1. The summed E-state index contributed by atoms with van der Waals surface area (Å²) in [4.78, 5) is 37.7. The number of aryl methyl sites for hydroxylation is 2. The Bertz CT molecular complexity index is 1410. The molecule has 0 unspecified atom stereocenters. The van der Waals surface area contributed by atoms with Gasteiger partial charge in [0.15, 0.2) is 0 Å². The van der Waals surface area contributed by atoms with Crippen LogP contribution in [-0.2, 0) is 28.9 Å². The molecule has 0 bridgehead atoms. The van der Waals surface area contributed by atoms with Gasteiger partial charge in [-0.05, 0) is 85.7 Å². The summed E-state index contributed by atoms with van der Waals surface area (Å²) in [5.41, 5.74) is 3.60. The molecule has 3 aromatic rings. The van der Waals surface area contributed by atoms with Crippen molar-refractivity contribution in [2.75, 3.05) is 19.7 Å². The van der Waals surface area contributed by atoms with E-state index in [1.807, 2.05) is 18.2 Å². The van der Waals surface area contributed by atoms with Crippen molar-refractivity contribution in [3.05, 3.63) is 106 Å². The van der Waals surface area contributed by atoms with E-state index in [-0.39, 0.29) is 48.6 Å². The molecule has 236 valence electrons. The lowest BCUT2D eigenvalue weighted by atomic mass is 9.99. The van der Waals surface area contributed by atoms with Crippen molar-refractivity contribution in [1.82, 2.24) is 16.0 Å². The van der Waals surface area contributed by atoms with Gasteiger partial charge in [-0.15, -0.1) is 0 Å². The largest absolute Gasteiger partial charge is 0.466 e. The summed E-state index contributed by atoms with van der Waals surface area (Å²) in [5.74, 6) is -2.82. The van der Waals surface area contributed by atoms with Gasteiger partial charge in [0, 0.05) is 43.2 Å². The second-order valence-electron chi connectivity index (χ2n) is 10.7. The zero-order valence-electron chi connectivity index (χ0n) is 25.4. The average molecular weight is 610 g/mol. The van der Waals surface area contributed by atoms with E-state index >= 15 is 0 Å². The fourth-order valence-electron chi connectivity index (χ4n) is 4.80. The highest BCUT2D eigenvalue weighted by molar-refractivity contribution is 6.00. The Morgan fingerprint density at radius 3 is 2.25 bits per heavy atom. The molecule has 0 aliphatic carbocycles. The number of hydrogen-bond donors (Lipinski definition) is 4. The van der Waals surface area contributed by atoms with Crippen LogP contribution >= 0.6 is 0 Å². The molecule has 0 aromatic heterocycles. The summed E-state index contributed by atoms with van der Waals surface area (Å²) < 4.78 is 32.8. The molecule has 0 aliphatic heterocycles. The Labute approximate surface area is 257 Å². The molecule has 3 aromatic carbocycles. The number of nitrogens with one attached hydrogen (secondary N) is 3. The summed E-state index contributed by atoms with van der Waals surface area (Å²) in [6, 6.07) is 14.9. The van der Waals surface area contributed by atoms with Gasteiger partial charge in [0.1, 0.15) is 11.6 Å². The molecule has 4 N–H and O–H groups in total. The normalized spacial score (nSPS) is 12.3. The van der Waals surface area contributed by atoms with E-state index < -0.39 is 35.6 Å². The van der Waals surface area contributed by atoms with Gasteiger partial charge in [0.25, 0.3) is 11.8 Å². The lowest BCUT2D eigenvalue weighted by Gasteiger charge is -2.25. The van der Waals surface area contributed by atoms with Gasteiger partial charge in [0.2, 0.25) is 0 Å². The Hall–Kier alpha value is -4.15. The monoisotopic (exact) mass is 609 g/mol. The highest BCUT2D eigenvalue weighted by Crippen LogP contribution is 2.15. The minimum absolute atomic E-state index is 0.0335. The van der Waals surface area contributed by atoms with Gasteiger partial charge < -0.3 is 25.8 Å². The number of aliphatic hydroxyl groups is 1. The van der Waals surface area contributed by atoms with Crippen LogP contribution < -0.4 is 16.0 Å². The minimum atomic E-state index is -1.10. The third-order valence-electron chi connectivity index (χ3n) is 6.99. The fraction of sp³-hybridized carbons (Fsp3) is 0.382. The van der Waals surface area contributed by atoms with E-state index in [4.69, 9.17) is 4.74 Å². The topological polar surface area (TPSA) is 117 Å². The number of ether oxygens (including phenoxy) is 1. The first-order chi connectivity index (χ1) is 21.1. The summed E-state index contributed by atoms with van der Waals surface area (Å²) in [6.45, 7) is 6.66. The molecular formula is C34H41F2N3O5. The van der Waals surface area contributed by atoms with Gasteiger partial charge >= 0.3 is 5.97 Å². The van der Waals surface area contributed by atoms with E-state index in [0.29, 0.717) is 25.1 Å². The van der Waals surface area contributed by atoms with E-state index in [2.05, 4.69) is 28.9 Å². The maximum absolute atomic E-state index is 13.9. The summed E-state index contributed by atoms with van der Waals surface area (Å²) in [7, 11) is 0. The van der Waals surface area contributed by atoms with Crippen molar-refractivity contribution in [2.45, 2.75) is 65.1 Å². The van der Waals surface area contributed by atoms with Crippen LogP contribution in [-0.4, -0.2) is 54.7 Å². The third kappa shape index (κ3) is 11.2. The molecule has 0 saturated heterocycles. The first kappa shape index (κ1) is 34.3. The number of esters is 1. The van der Waals surface area contributed by atoms with Crippen LogP contribution in [0.25, 0.3) is 0 Å². The lowest BCUT2D eigenvalue weighted by molar-refractivity contribution is -0.143. The Morgan fingerprint density at radius 2 is 1.57 bits per heavy atom. The molecule has 44 heavy (non-hydrogen) atoms. The van der Waals surface area contributed by atoms with Crippen molar-refractivity contribution in [2.24, 2.45) is 0 Å². The molecule has 10 heteroatoms. The molecule has 2 atom stereocenters. The third-order valence-corrected chi connectivity index (χ3v) is 6.99. The number of carbonyl (C=O) groups is 3. The highest BCUT2D eigenvalue weighted by atomic mass is 19.1. The van der Waals surface area contributed by atoms with Crippen LogP contribution in [0.5, 0.6) is 0 Å². The Balaban J connectivity index is 1.70. The maximum Gasteiger partial charge on any atom is 0.305 e. The first-order valence-corrected chi connectivity index (χ1v) is 14.9. The number of rotatable bonds is 16. The molecule has 0 saturated carbocycles. The van der Waals surface area contributed by atoms with Crippen LogP contribution in [0.2, 0.25) is 0 Å². The standard InChI is InChI=1S/C34H41F2N3O5/c1-4-23-8-6-9-24(14-23)20-37-21-31(40)30(17-25-15-28(35)19-29(36)16-25)39-34(43)27-13-22(3)12-26(18-27)33(42)38-11-7-10-32(41)44-5-2/h6,8-9,12-16,18-19,30-31,37,40H,4-5,7,10-11,17,20-21H2,1-3H3,(H,38,42)(H,39,43)/t30-,31+/m0/s1. The number of hydrogen-bond acceptors (Lipinski definition) is 6. The van der Waals surface area contributed by atoms with Crippen molar-refractivity contribution >= 4 is 17.8 Å². The van der Waals surface area contributed by atoms with Crippen LogP contribution in [0.1, 0.15) is 69.7 Å². The van der Waals surface area contributed by atoms with Gasteiger partial charge in [0.05, 0.1) is 18.8 Å². The van der Waals surface area contributed by atoms with Gasteiger partial charge in [-0.1, -0.05) is 31.2 Å². The Morgan fingerprint density at radius 1 is 0.886 bits per heavy atom. The predicted octanol–water partition coefficient (Wildman–Crippen LogP) is 4.40. The summed E-state index contributed by atoms with van der Waals surface area (Å²) in [6.07, 6.45) is 0.337. The molecule has 3 rings (SSSR count). The molecular weight excluding hydrogens is 568 g/mol. The molecule has 8 nitrogen and oxygen atoms in total.